The number of amides is 2. The van der Waals surface area contributed by atoms with E-state index in [0.717, 1.165) is 24.9 Å². The van der Waals surface area contributed by atoms with Crippen molar-refractivity contribution < 1.29 is 23.1 Å². The fourth-order valence-electron chi connectivity index (χ4n) is 3.52. The molecule has 0 aliphatic carbocycles. The van der Waals surface area contributed by atoms with Crippen molar-refractivity contribution >= 4 is 24.2 Å². The van der Waals surface area contributed by atoms with Crippen LogP contribution in [0.3, 0.4) is 0 Å². The Balaban J connectivity index is 0.00000261. The van der Waals surface area contributed by atoms with Crippen LogP contribution in [0.4, 0.5) is 8.78 Å². The average Bonchev–Trinajstić information content (AvgIpc) is 2.63. The maximum atomic E-state index is 12.6. The summed E-state index contributed by atoms with van der Waals surface area (Å²) < 4.78 is 28.7. The van der Waals surface area contributed by atoms with E-state index in [2.05, 4.69) is 10.1 Å². The first kappa shape index (κ1) is 21.4. The topological polar surface area (TPSA) is 61.9 Å². The summed E-state index contributed by atoms with van der Waals surface area (Å²) in [7, 11) is 0. The van der Waals surface area contributed by atoms with Crippen molar-refractivity contribution in [2.45, 2.75) is 31.9 Å². The molecular weight excluding hydrogens is 380 g/mol. The zero-order valence-electron chi connectivity index (χ0n) is 14.9. The molecule has 1 unspecified atom stereocenters. The number of rotatable bonds is 5. The van der Waals surface area contributed by atoms with Crippen LogP contribution >= 0.6 is 12.4 Å². The van der Waals surface area contributed by atoms with Crippen molar-refractivity contribution in [1.29, 1.82) is 0 Å². The van der Waals surface area contributed by atoms with Gasteiger partial charge >= 0.3 is 6.61 Å². The van der Waals surface area contributed by atoms with Gasteiger partial charge < -0.3 is 19.9 Å². The minimum absolute atomic E-state index is 0. The zero-order chi connectivity index (χ0) is 18.5. The van der Waals surface area contributed by atoms with Gasteiger partial charge in [0.15, 0.2) is 0 Å². The third-order valence-electron chi connectivity index (χ3n) is 4.82. The second-order valence-electron chi connectivity index (χ2n) is 6.60. The number of hydrogen-bond donors (Lipinski definition) is 1. The first-order valence-electron chi connectivity index (χ1n) is 8.84. The summed E-state index contributed by atoms with van der Waals surface area (Å²) in [4.78, 5) is 28.3. The molecule has 1 N–H and O–H groups in total. The highest BCUT2D eigenvalue weighted by Gasteiger charge is 2.31. The summed E-state index contributed by atoms with van der Waals surface area (Å²) in [6, 6.07) is 6.19. The summed E-state index contributed by atoms with van der Waals surface area (Å²) in [5.41, 5.74) is 0.747. The molecule has 1 aromatic carbocycles. The van der Waals surface area contributed by atoms with Gasteiger partial charge in [0, 0.05) is 32.2 Å². The second-order valence-corrected chi connectivity index (χ2v) is 6.60. The van der Waals surface area contributed by atoms with E-state index >= 15 is 0 Å². The van der Waals surface area contributed by atoms with Gasteiger partial charge in [-0.1, -0.05) is 12.1 Å². The monoisotopic (exact) mass is 403 g/mol. The van der Waals surface area contributed by atoms with Crippen molar-refractivity contribution in [3.05, 3.63) is 29.8 Å². The Kier molecular flexibility index (Phi) is 7.79. The van der Waals surface area contributed by atoms with Gasteiger partial charge in [-0.05, 0) is 30.5 Å². The van der Waals surface area contributed by atoms with Crippen molar-refractivity contribution in [2.24, 2.45) is 0 Å². The number of likely N-dealkylation sites (tertiary alicyclic amines) is 1. The number of carbonyl (C=O) groups is 2. The van der Waals surface area contributed by atoms with Gasteiger partial charge in [-0.2, -0.15) is 8.78 Å². The molecule has 150 valence electrons. The van der Waals surface area contributed by atoms with Crippen LogP contribution in [0.1, 0.15) is 18.4 Å². The number of nitrogens with one attached hydrogen (secondary N) is 1. The van der Waals surface area contributed by atoms with Gasteiger partial charge in [0.05, 0.1) is 13.0 Å². The molecule has 0 aromatic heterocycles. The van der Waals surface area contributed by atoms with E-state index < -0.39 is 6.61 Å². The molecule has 0 bridgehead atoms. The molecule has 1 atom stereocenters. The fourth-order valence-corrected chi connectivity index (χ4v) is 3.52. The van der Waals surface area contributed by atoms with Gasteiger partial charge in [0.2, 0.25) is 11.8 Å². The third kappa shape index (κ3) is 5.77. The number of hydrogen-bond acceptors (Lipinski definition) is 4. The maximum absolute atomic E-state index is 12.6. The summed E-state index contributed by atoms with van der Waals surface area (Å²) in [5.74, 6) is 0.149. The highest BCUT2D eigenvalue weighted by atomic mass is 35.5. The summed E-state index contributed by atoms with van der Waals surface area (Å²) in [5, 5.41) is 3.06. The Hall–Kier alpha value is -1.93. The van der Waals surface area contributed by atoms with E-state index in [1.165, 1.54) is 12.1 Å². The number of alkyl halides is 2. The summed E-state index contributed by atoms with van der Waals surface area (Å²) in [6.45, 7) is 0.192. The average molecular weight is 404 g/mol. The van der Waals surface area contributed by atoms with Crippen LogP contribution in [0.2, 0.25) is 0 Å². The Labute approximate surface area is 163 Å². The van der Waals surface area contributed by atoms with Gasteiger partial charge in [-0.3, -0.25) is 9.59 Å². The largest absolute Gasteiger partial charge is 0.435 e. The number of ether oxygens (including phenoxy) is 1. The number of benzene rings is 1. The van der Waals surface area contributed by atoms with Gasteiger partial charge in [-0.25, -0.2) is 0 Å². The van der Waals surface area contributed by atoms with Crippen molar-refractivity contribution in [2.75, 3.05) is 32.7 Å². The van der Waals surface area contributed by atoms with Crippen LogP contribution < -0.4 is 10.1 Å². The molecule has 2 saturated heterocycles. The number of carbonyl (C=O) groups excluding carboxylic acids is 2. The number of piperidine rings is 1. The maximum Gasteiger partial charge on any atom is 0.387 e. The molecule has 2 aliphatic heterocycles. The highest BCUT2D eigenvalue weighted by Crippen LogP contribution is 2.19. The molecule has 9 heteroatoms. The van der Waals surface area contributed by atoms with Crippen LogP contribution in [0.5, 0.6) is 5.75 Å². The highest BCUT2D eigenvalue weighted by molar-refractivity contribution is 5.85. The number of halogens is 3. The predicted molar refractivity (Wildman–Crippen MR) is 98.2 cm³/mol. The summed E-state index contributed by atoms with van der Waals surface area (Å²) >= 11 is 0. The van der Waals surface area contributed by atoms with Crippen molar-refractivity contribution in [1.82, 2.24) is 15.1 Å². The SMILES string of the molecule is Cl.O=C(Cc1ccc(OC(F)F)cc1)N1CCCC(N2CCNCC2=O)C1. The molecule has 3 rings (SSSR count). The first-order chi connectivity index (χ1) is 12.5. The smallest absolute Gasteiger partial charge is 0.387 e. The van der Waals surface area contributed by atoms with Crippen LogP contribution in [-0.4, -0.2) is 67.0 Å². The van der Waals surface area contributed by atoms with Gasteiger partial charge in [0.25, 0.3) is 0 Å². The standard InChI is InChI=1S/C18H23F2N3O3.ClH/c19-18(20)26-15-5-3-13(4-6-15)10-16(24)22-8-1-2-14(12-22)23-9-7-21-11-17(23)25;/h3-6,14,18,21H,1-2,7-12H2;1H. The lowest BCUT2D eigenvalue weighted by Gasteiger charge is -2.41. The number of piperazine rings is 1. The first-order valence-corrected chi connectivity index (χ1v) is 8.84. The molecule has 6 nitrogen and oxygen atoms in total. The van der Waals surface area contributed by atoms with E-state index in [1.54, 1.807) is 17.0 Å². The van der Waals surface area contributed by atoms with Crippen LogP contribution in [-0.2, 0) is 16.0 Å². The lowest BCUT2D eigenvalue weighted by molar-refractivity contribution is -0.140. The molecule has 2 amide bonds. The van der Waals surface area contributed by atoms with Crippen LogP contribution in [0.25, 0.3) is 0 Å². The van der Waals surface area contributed by atoms with E-state index in [1.807, 2.05) is 4.90 Å². The van der Waals surface area contributed by atoms with Crippen molar-refractivity contribution in [3.63, 3.8) is 0 Å². The lowest BCUT2D eigenvalue weighted by Crippen LogP contribution is -2.57. The third-order valence-corrected chi connectivity index (χ3v) is 4.82. The van der Waals surface area contributed by atoms with E-state index in [-0.39, 0.29) is 42.4 Å². The Morgan fingerprint density at radius 2 is 2.00 bits per heavy atom. The Bertz CT molecular complexity index is 645. The van der Waals surface area contributed by atoms with E-state index in [9.17, 15) is 18.4 Å². The Morgan fingerprint density at radius 3 is 2.67 bits per heavy atom. The molecule has 27 heavy (non-hydrogen) atoms. The van der Waals surface area contributed by atoms with Gasteiger partial charge in [0.1, 0.15) is 5.75 Å². The molecule has 2 heterocycles. The molecule has 0 spiro atoms. The molecule has 2 aliphatic rings. The number of nitrogens with zero attached hydrogens (tertiary/aromatic N) is 2. The van der Waals surface area contributed by atoms with Crippen LogP contribution in [0, 0.1) is 0 Å². The normalized spacial score (nSPS) is 20.4. The molecule has 0 saturated carbocycles. The molecular formula is C18H24ClF2N3O3. The Morgan fingerprint density at radius 1 is 1.26 bits per heavy atom. The fraction of sp³-hybridized carbons (Fsp3) is 0.556. The summed E-state index contributed by atoms with van der Waals surface area (Å²) in [6.07, 6.45) is 1.99. The zero-order valence-corrected chi connectivity index (χ0v) is 15.7. The quantitative estimate of drug-likeness (QED) is 0.812. The van der Waals surface area contributed by atoms with E-state index in [0.29, 0.717) is 26.2 Å². The second kappa shape index (κ2) is 9.85. The molecule has 1 aromatic rings. The van der Waals surface area contributed by atoms with Gasteiger partial charge in [-0.15, -0.1) is 12.4 Å². The minimum Gasteiger partial charge on any atom is -0.435 e. The minimum atomic E-state index is -2.86. The lowest BCUT2D eigenvalue weighted by atomic mass is 10.0. The predicted octanol–water partition coefficient (Wildman–Crippen LogP) is 1.68. The van der Waals surface area contributed by atoms with Crippen LogP contribution in [0.15, 0.2) is 24.3 Å². The molecule has 2 fully saturated rings. The van der Waals surface area contributed by atoms with E-state index in [4.69, 9.17) is 0 Å². The van der Waals surface area contributed by atoms with Crippen molar-refractivity contribution in [3.8, 4) is 5.75 Å². The molecule has 0 radical (unpaired) electrons.